The number of halogens is 1. The van der Waals surface area contributed by atoms with E-state index in [-0.39, 0.29) is 6.10 Å². The van der Waals surface area contributed by atoms with Gasteiger partial charge in [0.15, 0.2) is 0 Å². The smallest absolute Gasteiger partial charge is 0.0774 e. The van der Waals surface area contributed by atoms with Crippen molar-refractivity contribution in [3.8, 4) is 0 Å². The first-order valence-corrected chi connectivity index (χ1v) is 6.93. The maximum Gasteiger partial charge on any atom is 0.0774 e. The standard InChI is InChI=1S/C5H9ClOS3/c6-1-4(7)2-9-10-5-3-8-5/h4-5,7H,1-3H2. The molecule has 0 radical (unpaired) electrons. The molecule has 5 heteroatoms. The second-order valence-electron chi connectivity index (χ2n) is 1.95. The molecular weight excluding hydrogens is 208 g/mol. The summed E-state index contributed by atoms with van der Waals surface area (Å²) in [6, 6.07) is 0. The van der Waals surface area contributed by atoms with Gasteiger partial charge in [0.05, 0.1) is 10.7 Å². The summed E-state index contributed by atoms with van der Waals surface area (Å²) in [7, 11) is 3.56. The molecule has 0 saturated carbocycles. The second-order valence-corrected chi connectivity index (χ2v) is 6.41. The topological polar surface area (TPSA) is 20.2 Å². The first-order chi connectivity index (χ1) is 4.83. The quantitative estimate of drug-likeness (QED) is 0.431. The molecule has 0 amide bonds. The average Bonchev–Trinajstić information content (AvgIpc) is 2.71. The van der Waals surface area contributed by atoms with Gasteiger partial charge in [-0.05, 0) is 0 Å². The molecule has 1 nitrogen and oxygen atoms in total. The molecular formula is C5H9ClOS3. The first kappa shape index (κ1) is 9.39. The van der Waals surface area contributed by atoms with E-state index in [1.807, 2.05) is 22.6 Å². The summed E-state index contributed by atoms with van der Waals surface area (Å²) in [6.07, 6.45) is -0.331. The van der Waals surface area contributed by atoms with Crippen LogP contribution in [0.1, 0.15) is 0 Å². The molecule has 0 aromatic rings. The number of aliphatic hydroxyl groups is 1. The van der Waals surface area contributed by atoms with E-state index in [9.17, 15) is 0 Å². The molecule has 1 aliphatic heterocycles. The minimum absolute atomic E-state index is 0.331. The van der Waals surface area contributed by atoms with Gasteiger partial charge in [-0.3, -0.25) is 0 Å². The van der Waals surface area contributed by atoms with Gasteiger partial charge in [0, 0.05) is 17.4 Å². The predicted molar refractivity (Wildman–Crippen MR) is 53.0 cm³/mol. The molecule has 0 aromatic heterocycles. The lowest BCUT2D eigenvalue weighted by Gasteiger charge is -2.03. The van der Waals surface area contributed by atoms with Crippen molar-refractivity contribution in [1.29, 1.82) is 0 Å². The summed E-state index contributed by atoms with van der Waals surface area (Å²) < 4.78 is 0.785. The van der Waals surface area contributed by atoms with Crippen LogP contribution in [0.2, 0.25) is 0 Å². The second kappa shape index (κ2) is 5.04. The van der Waals surface area contributed by atoms with Crippen LogP contribution < -0.4 is 0 Å². The van der Waals surface area contributed by atoms with Gasteiger partial charge in [-0.25, -0.2) is 0 Å². The minimum Gasteiger partial charge on any atom is -0.391 e. The Labute approximate surface area is 78.1 Å². The summed E-state index contributed by atoms with van der Waals surface area (Å²) in [6.45, 7) is 0. The molecule has 1 N–H and O–H groups in total. The molecule has 1 rings (SSSR count). The Morgan fingerprint density at radius 2 is 2.50 bits per heavy atom. The van der Waals surface area contributed by atoms with Crippen molar-refractivity contribution in [2.45, 2.75) is 10.7 Å². The highest BCUT2D eigenvalue weighted by Crippen LogP contribution is 2.45. The van der Waals surface area contributed by atoms with Gasteiger partial charge in [-0.1, -0.05) is 21.6 Å². The predicted octanol–water partition coefficient (Wildman–Crippen LogP) is 2.04. The van der Waals surface area contributed by atoms with Crippen LogP contribution in [0.4, 0.5) is 0 Å². The van der Waals surface area contributed by atoms with Crippen LogP contribution in [0.5, 0.6) is 0 Å². The number of hydrogen-bond acceptors (Lipinski definition) is 4. The van der Waals surface area contributed by atoms with Crippen LogP contribution in [0.15, 0.2) is 0 Å². The zero-order valence-corrected chi connectivity index (χ0v) is 8.53. The number of aliphatic hydroxyl groups excluding tert-OH is 1. The van der Waals surface area contributed by atoms with Gasteiger partial charge >= 0.3 is 0 Å². The van der Waals surface area contributed by atoms with Crippen molar-refractivity contribution in [3.63, 3.8) is 0 Å². The van der Waals surface area contributed by atoms with Gasteiger partial charge in [0.25, 0.3) is 0 Å². The lowest BCUT2D eigenvalue weighted by molar-refractivity contribution is 0.224. The molecule has 0 aliphatic carbocycles. The van der Waals surface area contributed by atoms with Crippen molar-refractivity contribution in [1.82, 2.24) is 0 Å². The Balaban J connectivity index is 1.83. The van der Waals surface area contributed by atoms with Crippen molar-refractivity contribution in [2.24, 2.45) is 0 Å². The SMILES string of the molecule is OC(CCl)CSSC1CS1. The summed E-state index contributed by atoms with van der Waals surface area (Å²) >= 11 is 7.36. The Morgan fingerprint density at radius 1 is 1.80 bits per heavy atom. The fourth-order valence-electron chi connectivity index (χ4n) is 0.333. The Hall–Kier alpha value is 1.30. The van der Waals surface area contributed by atoms with Gasteiger partial charge in [-0.15, -0.1) is 23.4 Å². The molecule has 0 spiro atoms. The maximum absolute atomic E-state index is 9.02. The van der Waals surface area contributed by atoms with Crippen LogP contribution in [0, 0.1) is 0 Å². The highest BCUT2D eigenvalue weighted by Gasteiger charge is 2.23. The monoisotopic (exact) mass is 216 g/mol. The summed E-state index contributed by atoms with van der Waals surface area (Å²) in [4.78, 5) is 0. The van der Waals surface area contributed by atoms with Crippen LogP contribution in [0.25, 0.3) is 0 Å². The number of rotatable bonds is 5. The van der Waals surface area contributed by atoms with E-state index in [0.717, 1.165) is 10.3 Å². The minimum atomic E-state index is -0.331. The summed E-state index contributed by atoms with van der Waals surface area (Å²) in [5, 5.41) is 9.02. The number of thioether (sulfide) groups is 1. The zero-order valence-electron chi connectivity index (χ0n) is 5.33. The van der Waals surface area contributed by atoms with Gasteiger partial charge < -0.3 is 5.11 Å². The van der Waals surface area contributed by atoms with Crippen LogP contribution in [-0.4, -0.2) is 33.2 Å². The fourth-order valence-corrected chi connectivity index (χ4v) is 4.50. The van der Waals surface area contributed by atoms with Gasteiger partial charge in [0.1, 0.15) is 0 Å². The third-order valence-corrected chi connectivity index (χ3v) is 5.73. The van der Waals surface area contributed by atoms with Crippen molar-refractivity contribution in [3.05, 3.63) is 0 Å². The third kappa shape index (κ3) is 4.23. The van der Waals surface area contributed by atoms with E-state index in [1.165, 1.54) is 5.75 Å². The molecule has 60 valence electrons. The molecule has 0 aromatic carbocycles. The van der Waals surface area contributed by atoms with Crippen molar-refractivity contribution in [2.75, 3.05) is 17.4 Å². The van der Waals surface area contributed by atoms with E-state index in [0.29, 0.717) is 5.88 Å². The van der Waals surface area contributed by atoms with E-state index in [2.05, 4.69) is 0 Å². The normalized spacial score (nSPS) is 26.4. The number of hydrogen-bond donors (Lipinski definition) is 1. The zero-order chi connectivity index (χ0) is 7.40. The third-order valence-electron chi connectivity index (χ3n) is 0.917. The van der Waals surface area contributed by atoms with E-state index >= 15 is 0 Å². The molecule has 10 heavy (non-hydrogen) atoms. The lowest BCUT2D eigenvalue weighted by Crippen LogP contribution is -2.10. The summed E-state index contributed by atoms with van der Waals surface area (Å²) in [5.41, 5.74) is 0. The maximum atomic E-state index is 9.02. The van der Waals surface area contributed by atoms with Crippen LogP contribution in [-0.2, 0) is 0 Å². The van der Waals surface area contributed by atoms with Gasteiger partial charge in [0.2, 0.25) is 0 Å². The molecule has 1 saturated heterocycles. The van der Waals surface area contributed by atoms with Crippen molar-refractivity contribution >= 4 is 45.0 Å². The fraction of sp³-hybridized carbons (Fsp3) is 1.00. The first-order valence-electron chi connectivity index (χ1n) is 2.97. The molecule has 1 heterocycles. The molecule has 0 bridgehead atoms. The van der Waals surface area contributed by atoms with Crippen LogP contribution in [0.3, 0.4) is 0 Å². The van der Waals surface area contributed by atoms with Gasteiger partial charge in [-0.2, -0.15) is 0 Å². The molecule has 1 fully saturated rings. The Bertz CT molecular complexity index is 98.9. The average molecular weight is 217 g/mol. The largest absolute Gasteiger partial charge is 0.391 e. The molecule has 2 unspecified atom stereocenters. The molecule has 1 aliphatic rings. The molecule has 2 atom stereocenters. The van der Waals surface area contributed by atoms with E-state index < -0.39 is 0 Å². The summed E-state index contributed by atoms with van der Waals surface area (Å²) in [5.74, 6) is 2.38. The van der Waals surface area contributed by atoms with E-state index in [1.54, 1.807) is 10.8 Å². The lowest BCUT2D eigenvalue weighted by atomic mass is 10.5. The Kier molecular flexibility index (Phi) is 4.73. The number of alkyl halides is 1. The highest BCUT2D eigenvalue weighted by atomic mass is 35.5. The van der Waals surface area contributed by atoms with E-state index in [4.69, 9.17) is 16.7 Å². The van der Waals surface area contributed by atoms with Crippen molar-refractivity contribution < 1.29 is 5.11 Å². The highest BCUT2D eigenvalue weighted by molar-refractivity contribution is 8.79. The Morgan fingerprint density at radius 3 is 3.00 bits per heavy atom. The van der Waals surface area contributed by atoms with Crippen LogP contribution >= 0.6 is 45.0 Å².